The van der Waals surface area contributed by atoms with E-state index in [-0.39, 0.29) is 36.6 Å². The lowest BCUT2D eigenvalue weighted by Crippen LogP contribution is -2.44. The van der Waals surface area contributed by atoms with Crippen molar-refractivity contribution in [1.29, 1.82) is 0 Å². The van der Waals surface area contributed by atoms with Crippen molar-refractivity contribution in [1.82, 2.24) is 4.57 Å². The number of anilines is 1. The molecule has 7 nitrogen and oxygen atoms in total. The minimum atomic E-state index is -1.54. The van der Waals surface area contributed by atoms with Gasteiger partial charge in [0, 0.05) is 44.8 Å². The third-order valence-electron chi connectivity index (χ3n) is 6.61. The highest BCUT2D eigenvalue weighted by molar-refractivity contribution is 5.94. The van der Waals surface area contributed by atoms with E-state index in [1.807, 2.05) is 0 Å². The maximum Gasteiger partial charge on any atom is 0.341 e. The Balaban J connectivity index is 1.71. The van der Waals surface area contributed by atoms with Gasteiger partial charge in [0.2, 0.25) is 5.43 Å². The van der Waals surface area contributed by atoms with Gasteiger partial charge >= 0.3 is 5.97 Å². The van der Waals surface area contributed by atoms with E-state index in [9.17, 15) is 19.1 Å². The second-order valence-corrected chi connectivity index (χ2v) is 8.30. The van der Waals surface area contributed by atoms with E-state index in [4.69, 9.17) is 10.5 Å². The lowest BCUT2D eigenvalue weighted by molar-refractivity contribution is 0.0126. The Morgan fingerprint density at radius 1 is 1.40 bits per heavy atom. The van der Waals surface area contributed by atoms with Crippen LogP contribution in [-0.4, -0.2) is 53.7 Å². The number of carbonyl (C=O) groups is 1. The molecule has 5 rings (SSSR count). The van der Waals surface area contributed by atoms with Crippen LogP contribution in [0.1, 0.15) is 29.2 Å². The molecule has 4 atom stereocenters. The van der Waals surface area contributed by atoms with Gasteiger partial charge in [0.1, 0.15) is 28.8 Å². The van der Waals surface area contributed by atoms with Gasteiger partial charge in [-0.2, -0.15) is 0 Å². The lowest BCUT2D eigenvalue weighted by Gasteiger charge is -2.27. The van der Waals surface area contributed by atoms with Crippen LogP contribution in [0, 0.1) is 17.6 Å². The normalized spacial score (nSPS) is 30.1. The van der Waals surface area contributed by atoms with Crippen molar-refractivity contribution in [2.45, 2.75) is 30.7 Å². The molecule has 2 aliphatic heterocycles. The van der Waals surface area contributed by atoms with Gasteiger partial charge in [-0.05, 0) is 12.5 Å². The first-order valence-corrected chi connectivity index (χ1v) is 9.80. The van der Waals surface area contributed by atoms with Crippen LogP contribution in [0.2, 0.25) is 0 Å². The van der Waals surface area contributed by atoms with Gasteiger partial charge in [0.05, 0.1) is 16.9 Å². The molecule has 3 fully saturated rings. The molecule has 1 aromatic heterocycles. The van der Waals surface area contributed by atoms with Crippen LogP contribution >= 0.6 is 0 Å². The number of carboxylic acids is 1. The van der Waals surface area contributed by atoms with Crippen LogP contribution in [0.25, 0.3) is 10.9 Å². The summed E-state index contributed by atoms with van der Waals surface area (Å²) in [7, 11) is 0. The Bertz CT molecular complexity index is 1140. The Hall–Kier alpha value is -2.59. The molecule has 1 aromatic carbocycles. The van der Waals surface area contributed by atoms with Gasteiger partial charge < -0.3 is 25.0 Å². The summed E-state index contributed by atoms with van der Waals surface area (Å²) in [4.78, 5) is 25.5. The maximum atomic E-state index is 15.7. The summed E-state index contributed by atoms with van der Waals surface area (Å²) in [6, 6.07) is 0.0503. The second-order valence-electron chi connectivity index (χ2n) is 8.30. The molecule has 3 N–H and O–H groups in total. The van der Waals surface area contributed by atoms with Gasteiger partial charge in [0.25, 0.3) is 0 Å². The Morgan fingerprint density at radius 3 is 2.73 bits per heavy atom. The zero-order chi connectivity index (χ0) is 21.4. The quantitative estimate of drug-likeness (QED) is 0.779. The summed E-state index contributed by atoms with van der Waals surface area (Å²) < 4.78 is 51.5. The fraction of sp³-hybridized carbons (Fsp3) is 0.500. The maximum absolute atomic E-state index is 15.7. The van der Waals surface area contributed by atoms with Crippen LogP contribution in [0.15, 0.2) is 17.1 Å². The predicted molar refractivity (Wildman–Crippen MR) is 102 cm³/mol. The van der Waals surface area contributed by atoms with Crippen molar-refractivity contribution in [3.8, 4) is 0 Å². The number of hydrogen-bond donors (Lipinski definition) is 2. The number of benzene rings is 1. The molecule has 0 amide bonds. The summed E-state index contributed by atoms with van der Waals surface area (Å²) in [5.41, 5.74) is 2.93. The molecular weight excluding hydrogens is 403 g/mol. The summed E-state index contributed by atoms with van der Waals surface area (Å²) in [6.45, 7) is 1.28. The van der Waals surface area contributed by atoms with Crippen LogP contribution in [0.3, 0.4) is 0 Å². The molecule has 2 saturated heterocycles. The average Bonchev–Trinajstić information content (AvgIpc) is 3.12. The third kappa shape index (κ3) is 2.59. The fourth-order valence-corrected chi connectivity index (χ4v) is 4.91. The number of ether oxygens (including phenoxy) is 1. The number of alkyl halides is 1. The largest absolute Gasteiger partial charge is 0.477 e. The van der Waals surface area contributed by atoms with Crippen LogP contribution in [0.4, 0.5) is 18.9 Å². The van der Waals surface area contributed by atoms with Crippen LogP contribution in [0.5, 0.6) is 0 Å². The molecule has 4 unspecified atom stereocenters. The Labute approximate surface area is 168 Å². The number of hydrogen-bond acceptors (Lipinski definition) is 5. The van der Waals surface area contributed by atoms with Crippen LogP contribution < -0.4 is 16.1 Å². The van der Waals surface area contributed by atoms with E-state index < -0.39 is 51.8 Å². The smallest absolute Gasteiger partial charge is 0.341 e. The fourth-order valence-electron chi connectivity index (χ4n) is 4.91. The first-order chi connectivity index (χ1) is 14.3. The van der Waals surface area contributed by atoms with E-state index >= 15 is 8.78 Å². The number of nitrogens with two attached hydrogens (primary N) is 1. The minimum absolute atomic E-state index is 0.0206. The third-order valence-corrected chi connectivity index (χ3v) is 6.61. The number of carboxylic acid groups (broad SMARTS) is 1. The monoisotopic (exact) mass is 423 g/mol. The average molecular weight is 423 g/mol. The number of rotatable bonds is 4. The molecule has 30 heavy (non-hydrogen) atoms. The number of aromatic nitrogens is 1. The molecule has 0 radical (unpaired) electrons. The van der Waals surface area contributed by atoms with Gasteiger partial charge in [-0.25, -0.2) is 18.0 Å². The predicted octanol–water partition coefficient (Wildman–Crippen LogP) is 1.81. The van der Waals surface area contributed by atoms with E-state index in [0.717, 1.165) is 23.3 Å². The van der Waals surface area contributed by atoms with Crippen molar-refractivity contribution < 1.29 is 27.8 Å². The summed E-state index contributed by atoms with van der Waals surface area (Å²) in [5, 5.41) is 8.88. The highest BCUT2D eigenvalue weighted by Crippen LogP contribution is 2.45. The molecule has 1 saturated carbocycles. The summed E-state index contributed by atoms with van der Waals surface area (Å²) in [5.74, 6) is -3.51. The van der Waals surface area contributed by atoms with E-state index in [2.05, 4.69) is 0 Å². The van der Waals surface area contributed by atoms with Gasteiger partial charge in [-0.15, -0.1) is 0 Å². The minimum Gasteiger partial charge on any atom is -0.477 e. The lowest BCUT2D eigenvalue weighted by atomic mass is 9.91. The molecule has 3 aliphatic rings. The highest BCUT2D eigenvalue weighted by Gasteiger charge is 2.51. The molecule has 10 heteroatoms. The summed E-state index contributed by atoms with van der Waals surface area (Å²) in [6.07, 6.45) is 0.456. The molecule has 2 aromatic rings. The van der Waals surface area contributed by atoms with Crippen molar-refractivity contribution in [2.75, 3.05) is 31.1 Å². The van der Waals surface area contributed by atoms with Gasteiger partial charge in [-0.1, -0.05) is 0 Å². The van der Waals surface area contributed by atoms with Crippen LogP contribution in [-0.2, 0) is 4.74 Å². The first-order valence-electron chi connectivity index (χ1n) is 9.80. The first kappa shape index (κ1) is 19.4. The van der Waals surface area contributed by atoms with Gasteiger partial charge in [0.15, 0.2) is 5.82 Å². The number of aromatic carboxylic acids is 1. The van der Waals surface area contributed by atoms with E-state index in [0.29, 0.717) is 13.2 Å². The zero-order valence-electron chi connectivity index (χ0n) is 15.9. The molecule has 0 bridgehead atoms. The Kier molecular flexibility index (Phi) is 4.17. The second kappa shape index (κ2) is 6.45. The number of pyridine rings is 1. The standard InChI is InChI=1S/C20H20F3N3O4/c21-12-4-14(12)26-6-11(19(28)29)18(27)10-3-13(22)17(15(23)16(10)26)25-5-9-1-2-30-20(9,7-24)8-25/h3,6,9,12,14H,1-2,4-5,7-8,24H2,(H,28,29). The summed E-state index contributed by atoms with van der Waals surface area (Å²) >= 11 is 0. The highest BCUT2D eigenvalue weighted by atomic mass is 19.1. The SMILES string of the molecule is NCC12CN(c3c(F)cc4c(=O)c(C(=O)O)cn(C5CC5F)c4c3F)CC1CCO2. The number of nitrogens with zero attached hydrogens (tertiary/aromatic N) is 2. The Morgan fingerprint density at radius 2 is 2.13 bits per heavy atom. The molecular formula is C20H20F3N3O4. The zero-order valence-corrected chi connectivity index (χ0v) is 15.9. The number of halogens is 3. The topological polar surface area (TPSA) is 97.8 Å². The molecule has 0 spiro atoms. The van der Waals surface area contributed by atoms with E-state index in [1.54, 1.807) is 0 Å². The molecule has 160 valence electrons. The van der Waals surface area contributed by atoms with Crippen molar-refractivity contribution >= 4 is 22.6 Å². The van der Waals surface area contributed by atoms with E-state index in [1.165, 1.54) is 4.90 Å². The van der Waals surface area contributed by atoms with Gasteiger partial charge in [-0.3, -0.25) is 4.79 Å². The number of fused-ring (bicyclic) bond motifs is 2. The van der Waals surface area contributed by atoms with Crippen molar-refractivity contribution in [2.24, 2.45) is 11.7 Å². The van der Waals surface area contributed by atoms with Crippen molar-refractivity contribution in [3.63, 3.8) is 0 Å². The molecule has 1 aliphatic carbocycles. The van der Waals surface area contributed by atoms with Crippen molar-refractivity contribution in [3.05, 3.63) is 39.7 Å². The molecule has 3 heterocycles.